The summed E-state index contributed by atoms with van der Waals surface area (Å²) in [6.45, 7) is 2.90. The van der Waals surface area contributed by atoms with Gasteiger partial charge in [-0.2, -0.15) is 0 Å². The van der Waals surface area contributed by atoms with Gasteiger partial charge in [-0.05, 0) is 48.9 Å². The number of nitrogens with one attached hydrogen (secondary N) is 1. The summed E-state index contributed by atoms with van der Waals surface area (Å²) in [4.78, 5) is 0. The Morgan fingerprint density at radius 1 is 1.20 bits per heavy atom. The van der Waals surface area contributed by atoms with E-state index in [1.54, 1.807) is 12.1 Å². The van der Waals surface area contributed by atoms with E-state index in [1.807, 2.05) is 24.3 Å². The van der Waals surface area contributed by atoms with Gasteiger partial charge in [0.2, 0.25) is 0 Å². The molecule has 0 spiro atoms. The summed E-state index contributed by atoms with van der Waals surface area (Å²) >= 11 is 9.42. The van der Waals surface area contributed by atoms with E-state index in [0.29, 0.717) is 10.6 Å². The summed E-state index contributed by atoms with van der Waals surface area (Å²) in [5.74, 6) is -0.245. The van der Waals surface area contributed by atoms with Crippen molar-refractivity contribution in [3.8, 4) is 0 Å². The van der Waals surface area contributed by atoms with E-state index in [-0.39, 0.29) is 11.9 Å². The second-order valence-corrected chi connectivity index (χ2v) is 5.96. The Balaban J connectivity index is 2.41. The van der Waals surface area contributed by atoms with Crippen molar-refractivity contribution in [3.63, 3.8) is 0 Å². The molecule has 0 amide bonds. The lowest BCUT2D eigenvalue weighted by molar-refractivity contribution is 0.547. The largest absolute Gasteiger partial charge is 0.306 e. The molecule has 0 saturated carbocycles. The minimum atomic E-state index is -0.245. The second kappa shape index (κ2) is 7.21. The summed E-state index contributed by atoms with van der Waals surface area (Å²) < 4.78 is 15.1. The molecule has 0 aliphatic rings. The van der Waals surface area contributed by atoms with Gasteiger partial charge in [0.15, 0.2) is 0 Å². The third kappa shape index (κ3) is 3.81. The molecule has 0 fully saturated rings. The summed E-state index contributed by atoms with van der Waals surface area (Å²) in [5, 5.41) is 3.92. The molecule has 2 aromatic rings. The number of rotatable bonds is 5. The smallest absolute Gasteiger partial charge is 0.128 e. The first-order chi connectivity index (χ1) is 9.61. The fraction of sp³-hybridized carbons (Fsp3) is 0.250. The van der Waals surface area contributed by atoms with Gasteiger partial charge in [0.25, 0.3) is 0 Å². The quantitative estimate of drug-likeness (QED) is 0.763. The highest BCUT2D eigenvalue weighted by Gasteiger charge is 2.17. The highest BCUT2D eigenvalue weighted by atomic mass is 79.9. The molecule has 0 heterocycles. The molecule has 0 bridgehead atoms. The van der Waals surface area contributed by atoms with E-state index >= 15 is 0 Å². The lowest BCUT2D eigenvalue weighted by Gasteiger charge is -2.20. The van der Waals surface area contributed by atoms with Gasteiger partial charge >= 0.3 is 0 Å². The molecule has 1 N–H and O–H groups in total. The molecule has 0 aromatic heterocycles. The van der Waals surface area contributed by atoms with Gasteiger partial charge in [0, 0.05) is 15.1 Å². The van der Waals surface area contributed by atoms with Crippen LogP contribution in [0.4, 0.5) is 4.39 Å². The summed E-state index contributed by atoms with van der Waals surface area (Å²) in [6, 6.07) is 12.4. The minimum absolute atomic E-state index is 0.193. The van der Waals surface area contributed by atoms with Crippen LogP contribution in [-0.4, -0.2) is 6.54 Å². The highest BCUT2D eigenvalue weighted by Crippen LogP contribution is 2.28. The van der Waals surface area contributed by atoms with Crippen molar-refractivity contribution in [3.05, 3.63) is 68.9 Å². The van der Waals surface area contributed by atoms with E-state index < -0.39 is 0 Å². The van der Waals surface area contributed by atoms with E-state index in [4.69, 9.17) is 11.6 Å². The van der Waals surface area contributed by atoms with Crippen LogP contribution >= 0.6 is 27.5 Å². The molecule has 0 saturated heterocycles. The molecule has 20 heavy (non-hydrogen) atoms. The van der Waals surface area contributed by atoms with Crippen molar-refractivity contribution in [2.45, 2.75) is 19.4 Å². The Morgan fingerprint density at radius 2 is 1.90 bits per heavy atom. The van der Waals surface area contributed by atoms with Gasteiger partial charge in [0.05, 0.1) is 6.04 Å². The fourth-order valence-corrected chi connectivity index (χ4v) is 2.53. The topological polar surface area (TPSA) is 12.0 Å². The summed E-state index contributed by atoms with van der Waals surface area (Å²) in [5.41, 5.74) is 1.59. The Morgan fingerprint density at radius 3 is 2.55 bits per heavy atom. The average molecular weight is 357 g/mol. The number of hydrogen-bond acceptors (Lipinski definition) is 1. The van der Waals surface area contributed by atoms with Crippen LogP contribution in [0.3, 0.4) is 0 Å². The standard InChI is InChI=1S/C16H16BrClFN/c1-2-9-20-16(11-3-5-12(17)6-4-11)14-10-13(18)7-8-15(14)19/h3-8,10,16,20H,2,9H2,1H3. The number of halogens is 3. The fourth-order valence-electron chi connectivity index (χ4n) is 2.09. The molecular weight excluding hydrogens is 341 g/mol. The van der Waals surface area contributed by atoms with Crippen LogP contribution in [0, 0.1) is 5.82 Å². The predicted octanol–water partition coefficient (Wildman–Crippen LogP) is 5.33. The molecular formula is C16H16BrClFN. The number of hydrogen-bond donors (Lipinski definition) is 1. The van der Waals surface area contributed by atoms with Gasteiger partial charge in [-0.15, -0.1) is 0 Å². The van der Waals surface area contributed by atoms with Crippen molar-refractivity contribution in [1.82, 2.24) is 5.32 Å². The maximum Gasteiger partial charge on any atom is 0.128 e. The third-order valence-electron chi connectivity index (χ3n) is 3.07. The monoisotopic (exact) mass is 355 g/mol. The predicted molar refractivity (Wildman–Crippen MR) is 85.7 cm³/mol. The molecule has 2 rings (SSSR count). The maximum absolute atomic E-state index is 14.1. The zero-order valence-corrected chi connectivity index (χ0v) is 13.5. The molecule has 0 aliphatic carbocycles. The zero-order chi connectivity index (χ0) is 14.5. The molecule has 4 heteroatoms. The van der Waals surface area contributed by atoms with Gasteiger partial charge < -0.3 is 5.32 Å². The Bertz CT molecular complexity index is 571. The van der Waals surface area contributed by atoms with Crippen molar-refractivity contribution < 1.29 is 4.39 Å². The molecule has 106 valence electrons. The summed E-state index contributed by atoms with van der Waals surface area (Å²) in [6.07, 6.45) is 0.981. The Labute approximate surface area is 132 Å². The lowest BCUT2D eigenvalue weighted by Crippen LogP contribution is -2.24. The second-order valence-electron chi connectivity index (χ2n) is 4.60. The molecule has 1 unspecified atom stereocenters. The van der Waals surface area contributed by atoms with Crippen LogP contribution in [0.2, 0.25) is 5.02 Å². The van der Waals surface area contributed by atoms with E-state index in [1.165, 1.54) is 6.07 Å². The molecule has 1 atom stereocenters. The SMILES string of the molecule is CCCNC(c1ccc(Br)cc1)c1cc(Cl)ccc1F. The zero-order valence-electron chi connectivity index (χ0n) is 11.2. The molecule has 2 aromatic carbocycles. The third-order valence-corrected chi connectivity index (χ3v) is 3.83. The molecule has 0 radical (unpaired) electrons. The van der Waals surface area contributed by atoms with E-state index in [2.05, 4.69) is 28.2 Å². The number of benzene rings is 2. The average Bonchev–Trinajstić information content (AvgIpc) is 2.44. The van der Waals surface area contributed by atoms with E-state index in [9.17, 15) is 4.39 Å². The lowest BCUT2D eigenvalue weighted by atomic mass is 9.98. The van der Waals surface area contributed by atoms with Crippen LogP contribution < -0.4 is 5.32 Å². The van der Waals surface area contributed by atoms with Crippen LogP contribution in [-0.2, 0) is 0 Å². The molecule has 0 aliphatic heterocycles. The van der Waals surface area contributed by atoms with Crippen LogP contribution in [0.25, 0.3) is 0 Å². The maximum atomic E-state index is 14.1. The van der Waals surface area contributed by atoms with Crippen LogP contribution in [0.1, 0.15) is 30.5 Å². The first-order valence-corrected chi connectivity index (χ1v) is 7.72. The van der Waals surface area contributed by atoms with Crippen molar-refractivity contribution >= 4 is 27.5 Å². The van der Waals surface area contributed by atoms with Gasteiger partial charge in [0.1, 0.15) is 5.82 Å². The first-order valence-electron chi connectivity index (χ1n) is 6.55. The van der Waals surface area contributed by atoms with E-state index in [0.717, 1.165) is 23.0 Å². The normalized spacial score (nSPS) is 12.4. The first kappa shape index (κ1) is 15.5. The molecule has 1 nitrogen and oxygen atoms in total. The van der Waals surface area contributed by atoms with Crippen molar-refractivity contribution in [2.24, 2.45) is 0 Å². The van der Waals surface area contributed by atoms with Crippen molar-refractivity contribution in [2.75, 3.05) is 6.54 Å². The van der Waals surface area contributed by atoms with Crippen LogP contribution in [0.5, 0.6) is 0 Å². The van der Waals surface area contributed by atoms with Gasteiger partial charge in [-0.25, -0.2) is 4.39 Å². The van der Waals surface area contributed by atoms with Gasteiger partial charge in [-0.1, -0.05) is 46.6 Å². The summed E-state index contributed by atoms with van der Waals surface area (Å²) in [7, 11) is 0. The highest BCUT2D eigenvalue weighted by molar-refractivity contribution is 9.10. The Hall–Kier alpha value is -0.900. The van der Waals surface area contributed by atoms with Crippen molar-refractivity contribution in [1.29, 1.82) is 0 Å². The minimum Gasteiger partial charge on any atom is -0.306 e. The Kier molecular flexibility index (Phi) is 5.58. The van der Waals surface area contributed by atoms with Crippen LogP contribution in [0.15, 0.2) is 46.9 Å². The van der Waals surface area contributed by atoms with Gasteiger partial charge in [-0.3, -0.25) is 0 Å².